The molecule has 0 saturated heterocycles. The van der Waals surface area contributed by atoms with E-state index in [0.717, 1.165) is 0 Å². The van der Waals surface area contributed by atoms with Gasteiger partial charge in [-0.25, -0.2) is 8.42 Å². The van der Waals surface area contributed by atoms with Crippen LogP contribution in [-0.4, -0.2) is 32.9 Å². The van der Waals surface area contributed by atoms with E-state index in [9.17, 15) is 13.2 Å². The fourth-order valence-corrected chi connectivity index (χ4v) is 3.17. The van der Waals surface area contributed by atoms with Crippen molar-refractivity contribution < 1.29 is 13.2 Å². The molecule has 0 aliphatic heterocycles. The summed E-state index contributed by atoms with van der Waals surface area (Å²) in [6.07, 6.45) is 3.97. The normalized spacial score (nSPS) is 16.3. The SMILES string of the molecule is Cc1ccc(C(CC(=O)NCCS(C)(=O)=O)C2CC2)cc1C. The topological polar surface area (TPSA) is 63.2 Å². The Morgan fingerprint density at radius 2 is 1.95 bits per heavy atom. The first kappa shape index (κ1) is 17.0. The first-order chi connectivity index (χ1) is 10.3. The molecule has 22 heavy (non-hydrogen) atoms. The van der Waals surface area contributed by atoms with E-state index in [-0.39, 0.29) is 24.1 Å². The number of nitrogens with one attached hydrogen (secondary N) is 1. The fourth-order valence-electron chi connectivity index (χ4n) is 2.70. The third kappa shape index (κ3) is 5.13. The number of rotatable bonds is 7. The largest absolute Gasteiger partial charge is 0.355 e. The van der Waals surface area contributed by atoms with Crippen molar-refractivity contribution in [2.45, 2.75) is 39.0 Å². The smallest absolute Gasteiger partial charge is 0.220 e. The van der Waals surface area contributed by atoms with Gasteiger partial charge in [0.25, 0.3) is 0 Å². The first-order valence-electron chi connectivity index (χ1n) is 7.78. The number of benzene rings is 1. The lowest BCUT2D eigenvalue weighted by Crippen LogP contribution is -2.30. The van der Waals surface area contributed by atoms with E-state index in [1.165, 1.54) is 35.8 Å². The van der Waals surface area contributed by atoms with Crippen LogP contribution in [0.25, 0.3) is 0 Å². The van der Waals surface area contributed by atoms with Gasteiger partial charge in [-0.2, -0.15) is 0 Å². The number of sulfone groups is 1. The molecule has 1 saturated carbocycles. The average molecular weight is 323 g/mol. The summed E-state index contributed by atoms with van der Waals surface area (Å²) in [5.74, 6) is 0.773. The molecular formula is C17H25NO3S. The maximum atomic E-state index is 12.1. The van der Waals surface area contributed by atoms with E-state index in [4.69, 9.17) is 0 Å². The Morgan fingerprint density at radius 3 is 2.50 bits per heavy atom. The van der Waals surface area contributed by atoms with Crippen LogP contribution < -0.4 is 5.32 Å². The van der Waals surface area contributed by atoms with Gasteiger partial charge in [0.15, 0.2) is 0 Å². The predicted octanol–water partition coefficient (Wildman–Crippen LogP) is 2.35. The number of amides is 1. The van der Waals surface area contributed by atoms with Crippen molar-refractivity contribution in [2.75, 3.05) is 18.6 Å². The van der Waals surface area contributed by atoms with Crippen molar-refractivity contribution in [2.24, 2.45) is 5.92 Å². The summed E-state index contributed by atoms with van der Waals surface area (Å²) in [7, 11) is -3.03. The quantitative estimate of drug-likeness (QED) is 0.838. The molecule has 0 spiro atoms. The Hall–Kier alpha value is -1.36. The second-order valence-electron chi connectivity index (χ2n) is 6.47. The highest BCUT2D eigenvalue weighted by Crippen LogP contribution is 2.44. The van der Waals surface area contributed by atoms with Crippen LogP contribution in [0.2, 0.25) is 0 Å². The van der Waals surface area contributed by atoms with Crippen LogP contribution in [0.15, 0.2) is 18.2 Å². The molecule has 1 aliphatic rings. The minimum Gasteiger partial charge on any atom is -0.355 e. The second kappa shape index (κ2) is 6.82. The molecule has 0 heterocycles. The Morgan fingerprint density at radius 1 is 1.27 bits per heavy atom. The Bertz CT molecular complexity index is 648. The molecule has 1 N–H and O–H groups in total. The third-order valence-electron chi connectivity index (χ3n) is 4.35. The van der Waals surface area contributed by atoms with Gasteiger partial charge < -0.3 is 5.32 Å². The molecule has 0 bridgehead atoms. The van der Waals surface area contributed by atoms with Crippen molar-refractivity contribution in [3.63, 3.8) is 0 Å². The molecule has 5 heteroatoms. The van der Waals surface area contributed by atoms with Gasteiger partial charge in [-0.05, 0) is 55.2 Å². The summed E-state index contributed by atoms with van der Waals surface area (Å²) in [5.41, 5.74) is 3.74. The summed E-state index contributed by atoms with van der Waals surface area (Å²) in [4.78, 5) is 12.1. The van der Waals surface area contributed by atoms with Crippen LogP contribution in [0.5, 0.6) is 0 Å². The molecular weight excluding hydrogens is 298 g/mol. The zero-order valence-corrected chi connectivity index (χ0v) is 14.4. The lowest BCUT2D eigenvalue weighted by Gasteiger charge is -2.18. The molecule has 0 aromatic heterocycles. The van der Waals surface area contributed by atoms with Crippen molar-refractivity contribution in [1.82, 2.24) is 5.32 Å². The molecule has 1 aliphatic carbocycles. The lowest BCUT2D eigenvalue weighted by molar-refractivity contribution is -0.121. The molecule has 1 atom stereocenters. The monoisotopic (exact) mass is 323 g/mol. The van der Waals surface area contributed by atoms with Crippen molar-refractivity contribution in [1.29, 1.82) is 0 Å². The van der Waals surface area contributed by atoms with Crippen LogP contribution in [0.3, 0.4) is 0 Å². The van der Waals surface area contributed by atoms with Gasteiger partial charge in [0.2, 0.25) is 5.91 Å². The van der Waals surface area contributed by atoms with Gasteiger partial charge in [0.05, 0.1) is 5.75 Å². The maximum absolute atomic E-state index is 12.1. The minimum atomic E-state index is -3.03. The fraction of sp³-hybridized carbons (Fsp3) is 0.588. The molecule has 4 nitrogen and oxygen atoms in total. The van der Waals surface area contributed by atoms with Crippen LogP contribution in [0.4, 0.5) is 0 Å². The van der Waals surface area contributed by atoms with Crippen LogP contribution in [-0.2, 0) is 14.6 Å². The molecule has 1 aromatic rings. The standard InChI is InChI=1S/C17H25NO3S/c1-12-4-5-15(10-13(12)2)16(14-6-7-14)11-17(19)18-8-9-22(3,20)21/h4-5,10,14,16H,6-9,11H2,1-3H3,(H,18,19). The highest BCUT2D eigenvalue weighted by atomic mass is 32.2. The molecule has 122 valence electrons. The first-order valence-corrected chi connectivity index (χ1v) is 9.84. The van der Waals surface area contributed by atoms with E-state index >= 15 is 0 Å². The van der Waals surface area contributed by atoms with E-state index in [2.05, 4.69) is 37.4 Å². The van der Waals surface area contributed by atoms with Crippen LogP contribution in [0, 0.1) is 19.8 Å². The van der Waals surface area contributed by atoms with Gasteiger partial charge >= 0.3 is 0 Å². The second-order valence-corrected chi connectivity index (χ2v) is 8.73. The summed E-state index contributed by atoms with van der Waals surface area (Å²) in [5, 5.41) is 2.73. The van der Waals surface area contributed by atoms with Gasteiger partial charge in [0, 0.05) is 19.2 Å². The van der Waals surface area contributed by atoms with Crippen molar-refractivity contribution in [3.8, 4) is 0 Å². The molecule has 2 rings (SSSR count). The summed E-state index contributed by atoms with van der Waals surface area (Å²) in [6.45, 7) is 4.38. The van der Waals surface area contributed by atoms with Crippen molar-refractivity contribution in [3.05, 3.63) is 34.9 Å². The molecule has 0 radical (unpaired) electrons. The highest BCUT2D eigenvalue weighted by molar-refractivity contribution is 7.90. The Balaban J connectivity index is 1.97. The van der Waals surface area contributed by atoms with E-state index in [0.29, 0.717) is 12.3 Å². The molecule has 1 aromatic carbocycles. The van der Waals surface area contributed by atoms with Gasteiger partial charge in [-0.15, -0.1) is 0 Å². The summed E-state index contributed by atoms with van der Waals surface area (Å²) >= 11 is 0. The summed E-state index contributed by atoms with van der Waals surface area (Å²) < 4.78 is 22.2. The van der Waals surface area contributed by atoms with Crippen LogP contribution in [0.1, 0.15) is 41.9 Å². The molecule has 1 fully saturated rings. The highest BCUT2D eigenvalue weighted by Gasteiger charge is 2.33. The number of carbonyl (C=O) groups excluding carboxylic acids is 1. The lowest BCUT2D eigenvalue weighted by atomic mass is 9.89. The van der Waals surface area contributed by atoms with Gasteiger partial charge in [-0.3, -0.25) is 4.79 Å². The molecule has 1 amide bonds. The van der Waals surface area contributed by atoms with E-state index in [1.807, 2.05) is 0 Å². The van der Waals surface area contributed by atoms with Gasteiger partial charge in [-0.1, -0.05) is 18.2 Å². The Labute approximate surface area is 133 Å². The number of hydrogen-bond acceptors (Lipinski definition) is 3. The maximum Gasteiger partial charge on any atom is 0.220 e. The average Bonchev–Trinajstić information content (AvgIpc) is 3.22. The van der Waals surface area contributed by atoms with Gasteiger partial charge in [0.1, 0.15) is 9.84 Å². The number of aryl methyl sites for hydroxylation is 2. The van der Waals surface area contributed by atoms with E-state index in [1.54, 1.807) is 0 Å². The molecule has 1 unspecified atom stereocenters. The number of hydrogen-bond donors (Lipinski definition) is 1. The van der Waals surface area contributed by atoms with Crippen LogP contribution >= 0.6 is 0 Å². The third-order valence-corrected chi connectivity index (χ3v) is 5.30. The zero-order chi connectivity index (χ0) is 16.3. The summed E-state index contributed by atoms with van der Waals surface area (Å²) in [6, 6.07) is 6.42. The Kier molecular flexibility index (Phi) is 5.27. The predicted molar refractivity (Wildman–Crippen MR) is 88.7 cm³/mol. The van der Waals surface area contributed by atoms with Crippen molar-refractivity contribution >= 4 is 15.7 Å². The number of carbonyl (C=O) groups is 1. The van der Waals surface area contributed by atoms with E-state index < -0.39 is 9.84 Å². The zero-order valence-electron chi connectivity index (χ0n) is 13.6. The minimum absolute atomic E-state index is 0.00350.